The van der Waals surface area contributed by atoms with Crippen LogP contribution in [-0.4, -0.2) is 9.78 Å². The van der Waals surface area contributed by atoms with E-state index >= 15 is 0 Å². The molecule has 1 heterocycles. The van der Waals surface area contributed by atoms with Gasteiger partial charge < -0.3 is 0 Å². The molecule has 2 nitrogen and oxygen atoms in total. The highest BCUT2D eigenvalue weighted by Gasteiger charge is 2.19. The highest BCUT2D eigenvalue weighted by Crippen LogP contribution is 2.33. The number of rotatable bonds is 1. The maximum Gasteiger partial charge on any atom is 0.0670 e. The highest BCUT2D eigenvalue weighted by atomic mass is 35.5. The van der Waals surface area contributed by atoms with Gasteiger partial charge in [-0.1, -0.05) is 23.7 Å². The van der Waals surface area contributed by atoms with Crippen molar-refractivity contribution in [2.45, 2.75) is 12.8 Å². The van der Waals surface area contributed by atoms with Crippen molar-refractivity contribution in [3.8, 4) is 0 Å². The van der Waals surface area contributed by atoms with Crippen LogP contribution in [0.25, 0.3) is 11.6 Å². The minimum Gasteiger partial charge on any atom is -0.268 e. The van der Waals surface area contributed by atoms with Crippen LogP contribution in [0.5, 0.6) is 0 Å². The zero-order chi connectivity index (χ0) is 11.8. The van der Waals surface area contributed by atoms with Crippen LogP contribution in [0.3, 0.4) is 0 Å². The summed E-state index contributed by atoms with van der Waals surface area (Å²) in [6.45, 7) is 0. The molecule has 0 saturated carbocycles. The molecule has 1 aromatic carbocycles. The molecule has 0 aliphatic heterocycles. The van der Waals surface area contributed by atoms with E-state index < -0.39 is 0 Å². The third-order valence-corrected chi connectivity index (χ3v) is 3.45. The summed E-state index contributed by atoms with van der Waals surface area (Å²) in [4.78, 5) is 0. The fourth-order valence-corrected chi connectivity index (χ4v) is 2.49. The van der Waals surface area contributed by atoms with E-state index in [4.69, 9.17) is 11.6 Å². The number of fused-ring (bicyclic) bond motifs is 1. The van der Waals surface area contributed by atoms with Crippen LogP contribution in [0, 0.1) is 0 Å². The topological polar surface area (TPSA) is 17.8 Å². The van der Waals surface area contributed by atoms with Crippen molar-refractivity contribution in [1.29, 1.82) is 0 Å². The lowest BCUT2D eigenvalue weighted by molar-refractivity contribution is 0.756. The smallest absolute Gasteiger partial charge is 0.0670 e. The number of nitrogens with zero attached hydrogens (tertiary/aromatic N) is 2. The third-order valence-electron chi connectivity index (χ3n) is 3.19. The molecule has 0 spiro atoms. The van der Waals surface area contributed by atoms with E-state index in [0.29, 0.717) is 0 Å². The number of hydrogen-bond donors (Lipinski definition) is 0. The van der Waals surface area contributed by atoms with Gasteiger partial charge in [-0.2, -0.15) is 5.10 Å². The molecule has 0 atom stereocenters. The SMILES string of the molecule is Cn1ncc2c1/C(=C/c1ccc(Cl)cc1)CC2. The largest absolute Gasteiger partial charge is 0.268 e. The molecule has 0 saturated heterocycles. The summed E-state index contributed by atoms with van der Waals surface area (Å²) in [7, 11) is 2.00. The number of aryl methyl sites for hydroxylation is 2. The Kier molecular flexibility index (Phi) is 2.52. The van der Waals surface area contributed by atoms with Crippen molar-refractivity contribution >= 4 is 23.3 Å². The molecule has 1 aliphatic carbocycles. The molecular formula is C14H13ClN2. The molecule has 2 aromatic rings. The number of benzene rings is 1. The van der Waals surface area contributed by atoms with Crippen molar-refractivity contribution in [3.63, 3.8) is 0 Å². The molecular weight excluding hydrogens is 232 g/mol. The van der Waals surface area contributed by atoms with E-state index in [0.717, 1.165) is 17.9 Å². The zero-order valence-corrected chi connectivity index (χ0v) is 10.4. The van der Waals surface area contributed by atoms with Crippen LogP contribution < -0.4 is 0 Å². The minimum absolute atomic E-state index is 0.778. The molecule has 17 heavy (non-hydrogen) atoms. The van der Waals surface area contributed by atoms with E-state index in [1.54, 1.807) is 0 Å². The predicted octanol–water partition coefficient (Wildman–Crippen LogP) is 3.56. The third kappa shape index (κ3) is 1.89. The Bertz CT molecular complexity index is 579. The normalized spacial score (nSPS) is 16.5. The Hall–Kier alpha value is -1.54. The van der Waals surface area contributed by atoms with Crippen LogP contribution in [0.4, 0.5) is 0 Å². The molecule has 0 radical (unpaired) electrons. The molecule has 0 bridgehead atoms. The second kappa shape index (κ2) is 4.04. The van der Waals surface area contributed by atoms with Gasteiger partial charge in [0.25, 0.3) is 0 Å². The van der Waals surface area contributed by atoms with E-state index in [-0.39, 0.29) is 0 Å². The maximum atomic E-state index is 5.88. The summed E-state index contributed by atoms with van der Waals surface area (Å²) in [5.41, 5.74) is 5.19. The maximum absolute atomic E-state index is 5.88. The van der Waals surface area contributed by atoms with Gasteiger partial charge in [0.05, 0.1) is 11.9 Å². The highest BCUT2D eigenvalue weighted by molar-refractivity contribution is 6.30. The van der Waals surface area contributed by atoms with E-state index in [9.17, 15) is 0 Å². The lowest BCUT2D eigenvalue weighted by Crippen LogP contribution is -1.95. The first-order valence-electron chi connectivity index (χ1n) is 5.71. The molecule has 86 valence electrons. The fourth-order valence-electron chi connectivity index (χ4n) is 2.37. The van der Waals surface area contributed by atoms with Crippen molar-refractivity contribution < 1.29 is 0 Å². The first kappa shape index (κ1) is 10.6. The Morgan fingerprint density at radius 3 is 2.76 bits per heavy atom. The summed E-state index contributed by atoms with van der Waals surface area (Å²) in [6, 6.07) is 7.94. The van der Waals surface area contributed by atoms with Gasteiger partial charge in [0.15, 0.2) is 0 Å². The zero-order valence-electron chi connectivity index (χ0n) is 9.65. The lowest BCUT2D eigenvalue weighted by Gasteiger charge is -2.02. The quantitative estimate of drug-likeness (QED) is 0.750. The lowest BCUT2D eigenvalue weighted by atomic mass is 10.1. The average Bonchev–Trinajstić information content (AvgIpc) is 2.87. The summed E-state index contributed by atoms with van der Waals surface area (Å²) < 4.78 is 1.96. The first-order valence-corrected chi connectivity index (χ1v) is 6.09. The second-order valence-corrected chi connectivity index (χ2v) is 4.80. The second-order valence-electron chi connectivity index (χ2n) is 4.36. The van der Waals surface area contributed by atoms with E-state index in [1.807, 2.05) is 42.2 Å². The van der Waals surface area contributed by atoms with Crippen molar-refractivity contribution in [1.82, 2.24) is 9.78 Å². The minimum atomic E-state index is 0.778. The molecule has 3 rings (SSSR count). The van der Waals surface area contributed by atoms with Gasteiger partial charge in [-0.15, -0.1) is 0 Å². The Morgan fingerprint density at radius 2 is 2.00 bits per heavy atom. The van der Waals surface area contributed by atoms with Gasteiger partial charge in [0.2, 0.25) is 0 Å². The van der Waals surface area contributed by atoms with Gasteiger partial charge in [-0.25, -0.2) is 0 Å². The molecule has 1 aromatic heterocycles. The number of hydrogen-bond acceptors (Lipinski definition) is 1. The molecule has 0 N–H and O–H groups in total. The monoisotopic (exact) mass is 244 g/mol. The Morgan fingerprint density at radius 1 is 1.24 bits per heavy atom. The van der Waals surface area contributed by atoms with Crippen LogP contribution >= 0.6 is 11.6 Å². The van der Waals surface area contributed by atoms with Gasteiger partial charge in [0, 0.05) is 12.1 Å². The van der Waals surface area contributed by atoms with E-state index in [1.165, 1.54) is 22.4 Å². The van der Waals surface area contributed by atoms with Gasteiger partial charge in [-0.3, -0.25) is 4.68 Å². The Balaban J connectivity index is 2.01. The van der Waals surface area contributed by atoms with Gasteiger partial charge in [0.1, 0.15) is 0 Å². The standard InChI is InChI=1S/C14H13ClN2/c1-17-14-11(4-5-12(14)9-16-17)8-10-2-6-13(15)7-3-10/h2-3,6-9H,4-5H2,1H3/b11-8+. The first-order chi connectivity index (χ1) is 8.24. The number of allylic oxidation sites excluding steroid dienone is 1. The molecule has 0 amide bonds. The van der Waals surface area contributed by atoms with Crippen LogP contribution in [-0.2, 0) is 13.5 Å². The van der Waals surface area contributed by atoms with Crippen molar-refractivity contribution in [2.75, 3.05) is 0 Å². The molecule has 0 unspecified atom stereocenters. The molecule has 1 aliphatic rings. The average molecular weight is 245 g/mol. The number of aromatic nitrogens is 2. The summed E-state index contributed by atoms with van der Waals surface area (Å²) in [5, 5.41) is 5.08. The summed E-state index contributed by atoms with van der Waals surface area (Å²) in [6.07, 6.45) is 6.40. The van der Waals surface area contributed by atoms with Crippen molar-refractivity contribution in [2.24, 2.45) is 7.05 Å². The Labute approximate surface area is 106 Å². The summed E-state index contributed by atoms with van der Waals surface area (Å²) in [5.74, 6) is 0. The van der Waals surface area contributed by atoms with Gasteiger partial charge >= 0.3 is 0 Å². The van der Waals surface area contributed by atoms with Gasteiger partial charge in [-0.05, 0) is 47.8 Å². The van der Waals surface area contributed by atoms with Crippen LogP contribution in [0.2, 0.25) is 5.02 Å². The van der Waals surface area contributed by atoms with E-state index in [2.05, 4.69) is 11.2 Å². The number of halogens is 1. The summed E-state index contributed by atoms with van der Waals surface area (Å²) >= 11 is 5.88. The van der Waals surface area contributed by atoms with Crippen molar-refractivity contribution in [3.05, 3.63) is 52.3 Å². The molecule has 0 fully saturated rings. The molecule has 3 heteroatoms. The fraction of sp³-hybridized carbons (Fsp3) is 0.214. The van der Waals surface area contributed by atoms with Crippen LogP contribution in [0.1, 0.15) is 23.2 Å². The van der Waals surface area contributed by atoms with Crippen LogP contribution in [0.15, 0.2) is 30.5 Å². The predicted molar refractivity (Wildman–Crippen MR) is 70.9 cm³/mol.